The highest BCUT2D eigenvalue weighted by Gasteiger charge is 2.32. The van der Waals surface area contributed by atoms with Gasteiger partial charge in [-0.2, -0.15) is 18.4 Å². The lowest BCUT2D eigenvalue weighted by molar-refractivity contribution is -0.137. The van der Waals surface area contributed by atoms with Gasteiger partial charge in [0.1, 0.15) is 0 Å². The van der Waals surface area contributed by atoms with E-state index in [0.29, 0.717) is 28.2 Å². The minimum Gasteiger partial charge on any atom is -0.310 e. The fourth-order valence-electron chi connectivity index (χ4n) is 7.20. The van der Waals surface area contributed by atoms with Gasteiger partial charge in [0.15, 0.2) is 5.69 Å². The third-order valence-corrected chi connectivity index (χ3v) is 9.22. The van der Waals surface area contributed by atoms with Gasteiger partial charge in [0, 0.05) is 44.0 Å². The van der Waals surface area contributed by atoms with Crippen LogP contribution in [0.4, 0.5) is 18.9 Å². The molecule has 0 N–H and O–H groups in total. The Morgan fingerprint density at radius 2 is 1.15 bits per heavy atom. The molecule has 8 rings (SSSR count). The van der Waals surface area contributed by atoms with Crippen molar-refractivity contribution in [2.24, 2.45) is 0 Å². The number of hydrogen-bond donors (Lipinski definition) is 0. The van der Waals surface area contributed by atoms with Gasteiger partial charge in [0.25, 0.3) is 0 Å². The van der Waals surface area contributed by atoms with Crippen LogP contribution in [0.3, 0.4) is 0 Å². The van der Waals surface area contributed by atoms with Crippen molar-refractivity contribution in [1.82, 2.24) is 9.13 Å². The molecule has 230 valence electrons. The Morgan fingerprint density at radius 3 is 1.62 bits per heavy atom. The van der Waals surface area contributed by atoms with Gasteiger partial charge in [0.2, 0.25) is 0 Å². The molecule has 0 aliphatic heterocycles. The molecule has 0 fully saturated rings. The fourth-order valence-corrected chi connectivity index (χ4v) is 7.20. The molecule has 6 aromatic carbocycles. The van der Waals surface area contributed by atoms with Gasteiger partial charge >= 0.3 is 6.18 Å². The molecule has 0 atom stereocenters. The second kappa shape index (κ2) is 10.6. The first-order chi connectivity index (χ1) is 23.2. The summed E-state index contributed by atoms with van der Waals surface area (Å²) in [5.41, 5.74) is 6.97. The predicted octanol–water partition coefficient (Wildman–Crippen LogP) is 11.6. The van der Waals surface area contributed by atoms with Gasteiger partial charge in [-0.15, -0.1) is 0 Å². The van der Waals surface area contributed by atoms with Crippen molar-refractivity contribution in [1.29, 1.82) is 5.26 Å². The smallest absolute Gasteiger partial charge is 0.310 e. The number of hydrogen-bond acceptors (Lipinski definition) is 1. The van der Waals surface area contributed by atoms with Crippen LogP contribution in [0.25, 0.3) is 71.0 Å². The Bertz CT molecular complexity index is 2570. The molecule has 0 spiro atoms. The van der Waals surface area contributed by atoms with E-state index in [0.717, 1.165) is 66.9 Å². The fraction of sp³-hybridized carbons (Fsp3) is 0.0732. The minimum absolute atomic E-state index is 0.113. The molecule has 7 heteroatoms. The van der Waals surface area contributed by atoms with Crippen LogP contribution in [0.1, 0.15) is 22.3 Å². The molecule has 48 heavy (non-hydrogen) atoms. The van der Waals surface area contributed by atoms with E-state index in [2.05, 4.69) is 32.2 Å². The van der Waals surface area contributed by atoms with Crippen molar-refractivity contribution in [3.05, 3.63) is 149 Å². The number of para-hydroxylation sites is 4. The Kier molecular flexibility index (Phi) is 6.44. The number of nitrogens with zero attached hydrogens (tertiary/aromatic N) is 4. The zero-order valence-electron chi connectivity index (χ0n) is 25.9. The average Bonchev–Trinajstić information content (AvgIpc) is 3.62. The molecule has 0 bridgehead atoms. The maximum absolute atomic E-state index is 14.0. The molecular weight excluding hydrogens is 605 g/mol. The molecule has 0 saturated heterocycles. The third-order valence-electron chi connectivity index (χ3n) is 9.22. The van der Waals surface area contributed by atoms with Crippen LogP contribution in [0.5, 0.6) is 0 Å². The molecular formula is C41H25F3N4. The number of rotatable bonds is 3. The average molecular weight is 631 g/mol. The van der Waals surface area contributed by atoms with Crippen LogP contribution in [0.2, 0.25) is 0 Å². The largest absolute Gasteiger partial charge is 0.416 e. The topological polar surface area (TPSA) is 38.0 Å². The van der Waals surface area contributed by atoms with E-state index >= 15 is 0 Å². The van der Waals surface area contributed by atoms with Crippen molar-refractivity contribution in [2.75, 3.05) is 0 Å². The van der Waals surface area contributed by atoms with E-state index in [1.807, 2.05) is 86.6 Å². The number of aromatic nitrogens is 2. The molecule has 0 aliphatic rings. The number of halogens is 3. The van der Waals surface area contributed by atoms with E-state index in [1.54, 1.807) is 12.1 Å². The number of nitriles is 1. The standard InChI is InChI=1S/C41H25F3N4/c1-24-10-8-14-32-30-12-4-6-16-34(30)47(39(24)32)36-21-28(46-3)22-37(38(36)29-19-18-27(41(42,43)44)20-26(29)23-45)48-35-17-7-5-13-31(35)33-15-9-11-25(2)40(33)48/h4-22H,1-2H3. The summed E-state index contributed by atoms with van der Waals surface area (Å²) in [6.07, 6.45) is -4.63. The van der Waals surface area contributed by atoms with Crippen LogP contribution < -0.4 is 0 Å². The van der Waals surface area contributed by atoms with E-state index in [-0.39, 0.29) is 5.56 Å². The Balaban J connectivity index is 1.64. The van der Waals surface area contributed by atoms with Crippen molar-refractivity contribution in [3.63, 3.8) is 0 Å². The maximum atomic E-state index is 14.0. The zero-order chi connectivity index (χ0) is 33.3. The minimum atomic E-state index is -4.63. The van der Waals surface area contributed by atoms with E-state index in [4.69, 9.17) is 6.57 Å². The summed E-state index contributed by atoms with van der Waals surface area (Å²) in [6.45, 7) is 12.2. The molecule has 0 unspecified atom stereocenters. The van der Waals surface area contributed by atoms with Gasteiger partial charge in [-0.25, -0.2) is 4.85 Å². The lowest BCUT2D eigenvalue weighted by atomic mass is 9.94. The van der Waals surface area contributed by atoms with Crippen molar-refractivity contribution >= 4 is 49.3 Å². The highest BCUT2D eigenvalue weighted by molar-refractivity contribution is 6.13. The Hall–Kier alpha value is -6.31. The lowest BCUT2D eigenvalue weighted by Crippen LogP contribution is -2.08. The molecule has 0 aliphatic carbocycles. The number of benzene rings is 6. The molecule has 0 amide bonds. The van der Waals surface area contributed by atoms with E-state index < -0.39 is 11.7 Å². The van der Waals surface area contributed by atoms with Crippen molar-refractivity contribution in [2.45, 2.75) is 20.0 Å². The van der Waals surface area contributed by atoms with Crippen LogP contribution in [-0.2, 0) is 6.18 Å². The first kappa shape index (κ1) is 29.1. The monoisotopic (exact) mass is 630 g/mol. The van der Waals surface area contributed by atoms with Gasteiger partial charge in [-0.1, -0.05) is 78.9 Å². The van der Waals surface area contributed by atoms with Gasteiger partial charge in [0.05, 0.1) is 45.8 Å². The number of alkyl halides is 3. The second-order valence-corrected chi connectivity index (χ2v) is 12.0. The first-order valence-electron chi connectivity index (χ1n) is 15.4. The predicted molar refractivity (Wildman–Crippen MR) is 186 cm³/mol. The van der Waals surface area contributed by atoms with Gasteiger partial charge in [-0.05, 0) is 61.4 Å². The number of aryl methyl sites for hydroxylation is 2. The van der Waals surface area contributed by atoms with Crippen LogP contribution in [0.15, 0.2) is 115 Å². The van der Waals surface area contributed by atoms with E-state index in [1.165, 1.54) is 6.07 Å². The normalized spacial score (nSPS) is 11.8. The summed E-state index contributed by atoms with van der Waals surface area (Å²) < 4.78 is 46.1. The Morgan fingerprint density at radius 1 is 0.646 bits per heavy atom. The molecule has 4 nitrogen and oxygen atoms in total. The van der Waals surface area contributed by atoms with Gasteiger partial charge < -0.3 is 9.13 Å². The summed E-state index contributed by atoms with van der Waals surface area (Å²) >= 11 is 0. The first-order valence-corrected chi connectivity index (χ1v) is 15.4. The van der Waals surface area contributed by atoms with Crippen LogP contribution in [0, 0.1) is 31.8 Å². The molecule has 0 saturated carbocycles. The molecule has 0 radical (unpaired) electrons. The molecule has 8 aromatic rings. The van der Waals surface area contributed by atoms with Gasteiger partial charge in [-0.3, -0.25) is 0 Å². The summed E-state index contributed by atoms with van der Waals surface area (Å²) in [5.74, 6) is 0. The third kappa shape index (κ3) is 4.22. The maximum Gasteiger partial charge on any atom is 0.416 e. The summed E-state index contributed by atoms with van der Waals surface area (Å²) in [7, 11) is 0. The van der Waals surface area contributed by atoms with E-state index in [9.17, 15) is 18.4 Å². The van der Waals surface area contributed by atoms with Crippen molar-refractivity contribution in [3.8, 4) is 28.6 Å². The van der Waals surface area contributed by atoms with Crippen LogP contribution in [-0.4, -0.2) is 9.13 Å². The Labute approximate surface area is 273 Å². The second-order valence-electron chi connectivity index (χ2n) is 12.0. The zero-order valence-corrected chi connectivity index (χ0v) is 25.9. The summed E-state index contributed by atoms with van der Waals surface area (Å²) in [4.78, 5) is 3.91. The van der Waals surface area contributed by atoms with Crippen LogP contribution >= 0.6 is 0 Å². The summed E-state index contributed by atoms with van der Waals surface area (Å²) in [5, 5.41) is 14.4. The lowest BCUT2D eigenvalue weighted by Gasteiger charge is -2.22. The highest BCUT2D eigenvalue weighted by Crippen LogP contribution is 2.46. The molecule has 2 heterocycles. The highest BCUT2D eigenvalue weighted by atomic mass is 19.4. The molecule has 2 aromatic heterocycles. The number of fused-ring (bicyclic) bond motifs is 6. The SMILES string of the molecule is [C-]#[N+]c1cc(-n2c3ccccc3c3cccc(C)c32)c(-c2ccc(C(F)(F)F)cc2C#N)c(-n2c3ccccc3c3cccc(C)c32)c1. The summed E-state index contributed by atoms with van der Waals surface area (Å²) in [6, 6.07) is 37.1. The quantitative estimate of drug-likeness (QED) is 0.179. The van der Waals surface area contributed by atoms with Crippen molar-refractivity contribution < 1.29 is 13.2 Å².